The van der Waals surface area contributed by atoms with Crippen LogP contribution in [0.5, 0.6) is 5.75 Å². The van der Waals surface area contributed by atoms with E-state index in [0.29, 0.717) is 12.8 Å². The van der Waals surface area contributed by atoms with Crippen LogP contribution in [0.25, 0.3) is 0 Å². The first-order valence-electron chi connectivity index (χ1n) is 6.29. The van der Waals surface area contributed by atoms with Crippen LogP contribution >= 0.6 is 15.9 Å². The second kappa shape index (κ2) is 5.19. The van der Waals surface area contributed by atoms with Crippen molar-refractivity contribution in [3.05, 3.63) is 28.2 Å². The second-order valence-electron chi connectivity index (χ2n) is 4.80. The summed E-state index contributed by atoms with van der Waals surface area (Å²) in [7, 11) is 0. The number of hydrogen-bond acceptors (Lipinski definition) is 2. The quantitative estimate of drug-likeness (QED) is 0.823. The summed E-state index contributed by atoms with van der Waals surface area (Å²) >= 11 is 3.09. The van der Waals surface area contributed by atoms with Gasteiger partial charge in [0.2, 0.25) is 0 Å². The molecule has 0 N–H and O–H groups in total. The molecule has 1 fully saturated rings. The van der Waals surface area contributed by atoms with Crippen molar-refractivity contribution in [1.29, 1.82) is 0 Å². The van der Waals surface area contributed by atoms with E-state index in [9.17, 15) is 13.6 Å². The Balaban J connectivity index is 2.26. The first kappa shape index (κ1) is 14.4. The minimum atomic E-state index is -0.757. The molecule has 1 atom stereocenters. The average Bonchev–Trinajstić information content (AvgIpc) is 2.33. The Labute approximate surface area is 119 Å². The number of Topliss-reactive ketones (excluding diaryl/α,β-unsaturated/α-hetero) is 1. The van der Waals surface area contributed by atoms with E-state index in [1.807, 2.05) is 13.8 Å². The monoisotopic (exact) mass is 332 g/mol. The Bertz CT molecular complexity index is 489. The Hall–Kier alpha value is -0.970. The third-order valence-electron chi connectivity index (χ3n) is 4.03. The first-order chi connectivity index (χ1) is 8.94. The molecule has 0 bridgehead atoms. The zero-order valence-electron chi connectivity index (χ0n) is 10.8. The Kier molecular flexibility index (Phi) is 3.95. The summed E-state index contributed by atoms with van der Waals surface area (Å²) in [6.07, 6.45) is 1.26. The maximum Gasteiger partial charge on any atom is 0.169 e. The van der Waals surface area contributed by atoms with Gasteiger partial charge in [-0.05, 0) is 34.8 Å². The number of ether oxygens (including phenoxy) is 1. The van der Waals surface area contributed by atoms with Gasteiger partial charge in [0.25, 0.3) is 0 Å². The molecule has 0 aromatic heterocycles. The van der Waals surface area contributed by atoms with Gasteiger partial charge in [-0.2, -0.15) is 0 Å². The Morgan fingerprint density at radius 3 is 2.47 bits per heavy atom. The normalized spacial score (nSPS) is 21.1. The molecule has 1 aliphatic rings. The lowest BCUT2D eigenvalue weighted by atomic mass is 9.61. The summed E-state index contributed by atoms with van der Waals surface area (Å²) in [5.74, 6) is -1.29. The van der Waals surface area contributed by atoms with E-state index in [4.69, 9.17) is 4.74 Å². The minimum absolute atomic E-state index is 0.0230. The summed E-state index contributed by atoms with van der Waals surface area (Å²) in [6, 6.07) is 1.93. The first-order valence-corrected chi connectivity index (χ1v) is 7.08. The molecule has 2 rings (SSSR count). The predicted octanol–water partition coefficient (Wildman–Crippen LogP) is 4.25. The van der Waals surface area contributed by atoms with E-state index in [1.165, 1.54) is 0 Å². The van der Waals surface area contributed by atoms with E-state index in [2.05, 4.69) is 15.9 Å². The highest BCUT2D eigenvalue weighted by Gasteiger charge is 2.54. The van der Waals surface area contributed by atoms with Crippen LogP contribution in [0.1, 0.15) is 33.1 Å². The van der Waals surface area contributed by atoms with Gasteiger partial charge in [-0.25, -0.2) is 8.78 Å². The maximum atomic E-state index is 13.7. The van der Waals surface area contributed by atoms with Crippen LogP contribution in [0.15, 0.2) is 16.6 Å². The van der Waals surface area contributed by atoms with Crippen molar-refractivity contribution in [2.75, 3.05) is 0 Å². The predicted molar refractivity (Wildman–Crippen MR) is 71.1 cm³/mol. The van der Waals surface area contributed by atoms with Gasteiger partial charge < -0.3 is 4.74 Å². The van der Waals surface area contributed by atoms with Gasteiger partial charge >= 0.3 is 0 Å². The van der Waals surface area contributed by atoms with Crippen LogP contribution in [-0.4, -0.2) is 11.9 Å². The maximum absolute atomic E-state index is 13.7. The SMILES string of the molecule is CCC1(CC)C(=O)CC1Oc1c(F)cc(F)cc1Br. The molecule has 0 amide bonds. The molecule has 1 saturated carbocycles. The summed E-state index contributed by atoms with van der Waals surface area (Å²) in [5, 5.41) is 0. The van der Waals surface area contributed by atoms with E-state index < -0.39 is 17.0 Å². The van der Waals surface area contributed by atoms with Crippen LogP contribution in [0.4, 0.5) is 8.78 Å². The minimum Gasteiger partial charge on any atom is -0.485 e. The molecular weight excluding hydrogens is 318 g/mol. The van der Waals surface area contributed by atoms with Crippen molar-refractivity contribution in [2.24, 2.45) is 5.41 Å². The number of rotatable bonds is 4. The largest absolute Gasteiger partial charge is 0.485 e. The lowest BCUT2D eigenvalue weighted by Crippen LogP contribution is -2.56. The van der Waals surface area contributed by atoms with Crippen LogP contribution in [0.2, 0.25) is 0 Å². The Morgan fingerprint density at radius 1 is 1.37 bits per heavy atom. The number of halogens is 3. The fourth-order valence-electron chi connectivity index (χ4n) is 2.65. The van der Waals surface area contributed by atoms with Gasteiger partial charge in [-0.1, -0.05) is 13.8 Å². The van der Waals surface area contributed by atoms with Crippen LogP contribution in [-0.2, 0) is 4.79 Å². The van der Waals surface area contributed by atoms with E-state index in [0.717, 1.165) is 12.1 Å². The average molecular weight is 333 g/mol. The zero-order valence-corrected chi connectivity index (χ0v) is 12.4. The van der Waals surface area contributed by atoms with Crippen LogP contribution in [0, 0.1) is 17.0 Å². The molecule has 1 unspecified atom stereocenters. The molecular formula is C14H15BrF2O2. The number of benzene rings is 1. The standard InChI is InChI=1S/C14H15BrF2O2/c1-3-14(4-2)11(18)7-12(14)19-13-9(15)5-8(16)6-10(13)17/h5-6,12H,3-4,7H2,1-2H3. The molecule has 0 heterocycles. The van der Waals surface area contributed by atoms with Crippen molar-refractivity contribution in [3.63, 3.8) is 0 Å². The van der Waals surface area contributed by atoms with Gasteiger partial charge in [0.1, 0.15) is 17.7 Å². The fourth-order valence-corrected chi connectivity index (χ4v) is 3.15. The van der Waals surface area contributed by atoms with Gasteiger partial charge in [-0.3, -0.25) is 4.79 Å². The molecule has 0 aliphatic heterocycles. The number of hydrogen-bond donors (Lipinski definition) is 0. The molecule has 104 valence electrons. The van der Waals surface area contributed by atoms with Crippen LogP contribution < -0.4 is 4.74 Å². The molecule has 0 radical (unpaired) electrons. The van der Waals surface area contributed by atoms with Crippen molar-refractivity contribution in [3.8, 4) is 5.75 Å². The van der Waals surface area contributed by atoms with Crippen LogP contribution in [0.3, 0.4) is 0 Å². The summed E-state index contributed by atoms with van der Waals surface area (Å²) in [4.78, 5) is 11.8. The van der Waals surface area contributed by atoms with Crippen molar-refractivity contribution in [1.82, 2.24) is 0 Å². The van der Waals surface area contributed by atoms with Gasteiger partial charge in [0.05, 0.1) is 9.89 Å². The van der Waals surface area contributed by atoms with Crippen molar-refractivity contribution < 1.29 is 18.3 Å². The third-order valence-corrected chi connectivity index (χ3v) is 4.62. The molecule has 2 nitrogen and oxygen atoms in total. The number of carbonyl (C=O) groups excluding carboxylic acids is 1. The number of ketones is 1. The molecule has 19 heavy (non-hydrogen) atoms. The van der Waals surface area contributed by atoms with Crippen molar-refractivity contribution in [2.45, 2.75) is 39.2 Å². The molecule has 1 aromatic carbocycles. The van der Waals surface area contributed by atoms with E-state index in [1.54, 1.807) is 0 Å². The Morgan fingerprint density at radius 2 is 2.00 bits per heavy atom. The topological polar surface area (TPSA) is 26.3 Å². The summed E-state index contributed by atoms with van der Waals surface area (Å²) in [6.45, 7) is 3.85. The highest BCUT2D eigenvalue weighted by molar-refractivity contribution is 9.10. The lowest BCUT2D eigenvalue weighted by molar-refractivity contribution is -0.153. The molecule has 0 saturated heterocycles. The second-order valence-corrected chi connectivity index (χ2v) is 5.65. The van der Waals surface area contributed by atoms with Gasteiger partial charge in [0.15, 0.2) is 11.6 Å². The highest BCUT2D eigenvalue weighted by atomic mass is 79.9. The summed E-state index contributed by atoms with van der Waals surface area (Å²) in [5.41, 5.74) is -0.528. The molecule has 1 aliphatic carbocycles. The number of carbonyl (C=O) groups is 1. The van der Waals surface area contributed by atoms with Crippen molar-refractivity contribution >= 4 is 21.7 Å². The van der Waals surface area contributed by atoms with Gasteiger partial charge in [0, 0.05) is 12.5 Å². The van der Waals surface area contributed by atoms with Gasteiger partial charge in [-0.15, -0.1) is 0 Å². The highest BCUT2D eigenvalue weighted by Crippen LogP contribution is 2.46. The molecule has 5 heteroatoms. The van der Waals surface area contributed by atoms with E-state index >= 15 is 0 Å². The third kappa shape index (κ3) is 2.29. The smallest absolute Gasteiger partial charge is 0.169 e. The zero-order chi connectivity index (χ0) is 14.2. The van der Waals surface area contributed by atoms with E-state index in [-0.39, 0.29) is 28.5 Å². The lowest BCUT2D eigenvalue weighted by Gasteiger charge is -2.46. The molecule has 0 spiro atoms. The fraction of sp³-hybridized carbons (Fsp3) is 0.500. The molecule has 1 aromatic rings. The summed E-state index contributed by atoms with van der Waals surface area (Å²) < 4.78 is 32.6.